The summed E-state index contributed by atoms with van der Waals surface area (Å²) in [5.41, 5.74) is 1.01. The van der Waals surface area contributed by atoms with Crippen LogP contribution in [0.25, 0.3) is 0 Å². The van der Waals surface area contributed by atoms with Crippen molar-refractivity contribution >= 4 is 17.7 Å². The van der Waals surface area contributed by atoms with E-state index < -0.39 is 0 Å². The molecule has 2 heterocycles. The molecular formula is C11H18N4OS. The maximum atomic E-state index is 11.8. The van der Waals surface area contributed by atoms with E-state index in [4.69, 9.17) is 0 Å². The fraction of sp³-hybridized carbons (Fsp3) is 0.636. The second-order valence-electron chi connectivity index (χ2n) is 4.10. The molecule has 0 aliphatic carbocycles. The van der Waals surface area contributed by atoms with E-state index in [1.165, 1.54) is 0 Å². The van der Waals surface area contributed by atoms with Gasteiger partial charge in [0.15, 0.2) is 0 Å². The van der Waals surface area contributed by atoms with Gasteiger partial charge in [-0.05, 0) is 6.07 Å². The van der Waals surface area contributed by atoms with Crippen LogP contribution in [0.2, 0.25) is 0 Å². The van der Waals surface area contributed by atoms with Gasteiger partial charge in [-0.3, -0.25) is 9.48 Å². The second kappa shape index (κ2) is 6.07. The van der Waals surface area contributed by atoms with E-state index in [0.717, 1.165) is 30.2 Å². The molecule has 17 heavy (non-hydrogen) atoms. The minimum atomic E-state index is -0.0301. The largest absolute Gasteiger partial charge is 0.354 e. The van der Waals surface area contributed by atoms with E-state index in [9.17, 15) is 4.79 Å². The molecule has 0 spiro atoms. The average Bonchev–Trinajstić information content (AvgIpc) is 2.76. The monoisotopic (exact) mass is 254 g/mol. The number of amides is 1. The smallest absolute Gasteiger partial charge is 0.238 e. The van der Waals surface area contributed by atoms with Crippen LogP contribution in [0, 0.1) is 0 Å². The van der Waals surface area contributed by atoms with Crippen molar-refractivity contribution in [3.8, 4) is 0 Å². The van der Waals surface area contributed by atoms with Gasteiger partial charge >= 0.3 is 0 Å². The van der Waals surface area contributed by atoms with Gasteiger partial charge in [0.25, 0.3) is 0 Å². The van der Waals surface area contributed by atoms with Crippen molar-refractivity contribution in [1.29, 1.82) is 0 Å². The number of carbonyl (C=O) groups is 1. The summed E-state index contributed by atoms with van der Waals surface area (Å²) >= 11 is 1.83. The van der Waals surface area contributed by atoms with Gasteiger partial charge in [-0.2, -0.15) is 16.9 Å². The maximum Gasteiger partial charge on any atom is 0.238 e. The highest BCUT2D eigenvalue weighted by molar-refractivity contribution is 7.99. The quantitative estimate of drug-likeness (QED) is 0.780. The van der Waals surface area contributed by atoms with Crippen LogP contribution in [-0.4, -0.2) is 46.3 Å². The van der Waals surface area contributed by atoms with Crippen molar-refractivity contribution in [3.63, 3.8) is 0 Å². The Morgan fingerprint density at radius 2 is 2.65 bits per heavy atom. The molecule has 1 aromatic heterocycles. The molecule has 1 aliphatic heterocycles. The third-order valence-electron chi connectivity index (χ3n) is 2.69. The number of nitrogens with zero attached hydrogens (tertiary/aromatic N) is 2. The molecule has 94 valence electrons. The van der Waals surface area contributed by atoms with Crippen LogP contribution in [0.15, 0.2) is 12.3 Å². The zero-order chi connectivity index (χ0) is 12.1. The number of hydrogen-bond donors (Lipinski definition) is 2. The van der Waals surface area contributed by atoms with Gasteiger partial charge in [-0.1, -0.05) is 0 Å². The number of carbonyl (C=O) groups excluding carboxylic acids is 1. The summed E-state index contributed by atoms with van der Waals surface area (Å²) in [6, 6.07) is 1.94. The topological polar surface area (TPSA) is 59.0 Å². The Bertz CT molecular complexity index is 373. The Morgan fingerprint density at radius 3 is 3.29 bits per heavy atom. The van der Waals surface area contributed by atoms with Crippen molar-refractivity contribution in [2.24, 2.45) is 7.05 Å². The van der Waals surface area contributed by atoms with E-state index in [1.807, 2.05) is 31.1 Å². The molecule has 0 aromatic carbocycles. The summed E-state index contributed by atoms with van der Waals surface area (Å²) < 4.78 is 1.77. The summed E-state index contributed by atoms with van der Waals surface area (Å²) in [7, 11) is 1.89. The molecular weight excluding hydrogens is 236 g/mol. The first-order valence-electron chi connectivity index (χ1n) is 5.83. The normalized spacial score (nSPS) is 20.2. The van der Waals surface area contributed by atoms with Crippen LogP contribution >= 0.6 is 11.8 Å². The van der Waals surface area contributed by atoms with Crippen molar-refractivity contribution in [2.45, 2.75) is 12.5 Å². The Labute approximate surface area is 105 Å². The lowest BCUT2D eigenvalue weighted by Crippen LogP contribution is -2.49. The second-order valence-corrected chi connectivity index (χ2v) is 5.25. The van der Waals surface area contributed by atoms with Gasteiger partial charge in [0.2, 0.25) is 5.91 Å². The molecule has 1 saturated heterocycles. The predicted octanol–water partition coefficient (Wildman–Crippen LogP) is -0.216. The summed E-state index contributed by atoms with van der Waals surface area (Å²) in [6.45, 7) is 1.57. The molecule has 5 nitrogen and oxygen atoms in total. The van der Waals surface area contributed by atoms with Crippen LogP contribution in [0.3, 0.4) is 0 Å². The van der Waals surface area contributed by atoms with Crippen molar-refractivity contribution in [2.75, 3.05) is 24.6 Å². The molecule has 6 heteroatoms. The molecule has 1 unspecified atom stereocenters. The molecule has 0 radical (unpaired) electrons. The number of thioether (sulfide) groups is 1. The van der Waals surface area contributed by atoms with E-state index >= 15 is 0 Å². The fourth-order valence-electron chi connectivity index (χ4n) is 1.77. The van der Waals surface area contributed by atoms with Crippen molar-refractivity contribution in [3.05, 3.63) is 18.0 Å². The minimum Gasteiger partial charge on any atom is -0.354 e. The highest BCUT2D eigenvalue weighted by Crippen LogP contribution is 2.07. The van der Waals surface area contributed by atoms with Crippen LogP contribution in [0.1, 0.15) is 5.69 Å². The van der Waals surface area contributed by atoms with Gasteiger partial charge in [0.1, 0.15) is 0 Å². The van der Waals surface area contributed by atoms with Gasteiger partial charge in [-0.25, -0.2) is 0 Å². The maximum absolute atomic E-state index is 11.8. The van der Waals surface area contributed by atoms with Crippen LogP contribution in [0.4, 0.5) is 0 Å². The number of nitrogens with one attached hydrogen (secondary N) is 2. The Balaban J connectivity index is 1.69. The average molecular weight is 254 g/mol. The lowest BCUT2D eigenvalue weighted by Gasteiger charge is -2.22. The predicted molar refractivity (Wildman–Crippen MR) is 69.0 cm³/mol. The zero-order valence-electron chi connectivity index (χ0n) is 9.98. The number of rotatable bonds is 4. The third kappa shape index (κ3) is 3.74. The Morgan fingerprint density at radius 1 is 1.76 bits per heavy atom. The molecule has 1 fully saturated rings. The fourth-order valence-corrected chi connectivity index (χ4v) is 2.70. The van der Waals surface area contributed by atoms with Gasteiger partial charge in [0, 0.05) is 44.3 Å². The van der Waals surface area contributed by atoms with Crippen LogP contribution < -0.4 is 10.6 Å². The lowest BCUT2D eigenvalue weighted by molar-refractivity contribution is -0.122. The third-order valence-corrected chi connectivity index (χ3v) is 3.75. The van der Waals surface area contributed by atoms with E-state index in [2.05, 4.69) is 15.7 Å². The van der Waals surface area contributed by atoms with Gasteiger partial charge in [0.05, 0.1) is 11.7 Å². The van der Waals surface area contributed by atoms with Crippen LogP contribution in [-0.2, 0) is 18.3 Å². The molecule has 1 amide bonds. The molecule has 1 aromatic rings. The van der Waals surface area contributed by atoms with Crippen molar-refractivity contribution < 1.29 is 4.79 Å². The zero-order valence-corrected chi connectivity index (χ0v) is 10.8. The van der Waals surface area contributed by atoms with Crippen molar-refractivity contribution in [1.82, 2.24) is 20.4 Å². The summed E-state index contributed by atoms with van der Waals surface area (Å²) in [4.78, 5) is 11.8. The standard InChI is InChI=1S/C11H18N4OS/c1-15-6-3-9(14-15)2-4-13-11(16)10-8-17-7-5-12-10/h3,6,10,12H,2,4-5,7-8H2,1H3,(H,13,16). The molecule has 1 atom stereocenters. The highest BCUT2D eigenvalue weighted by atomic mass is 32.2. The molecule has 2 rings (SSSR count). The highest BCUT2D eigenvalue weighted by Gasteiger charge is 2.20. The molecule has 0 bridgehead atoms. The summed E-state index contributed by atoms with van der Waals surface area (Å²) in [5, 5.41) is 10.4. The molecule has 1 aliphatic rings. The van der Waals surface area contributed by atoms with E-state index in [1.54, 1.807) is 4.68 Å². The molecule has 2 N–H and O–H groups in total. The summed E-state index contributed by atoms with van der Waals surface area (Å²) in [6.07, 6.45) is 2.70. The Hall–Kier alpha value is -1.01. The Kier molecular flexibility index (Phi) is 4.44. The number of aryl methyl sites for hydroxylation is 1. The van der Waals surface area contributed by atoms with E-state index in [-0.39, 0.29) is 11.9 Å². The molecule has 0 saturated carbocycles. The van der Waals surface area contributed by atoms with Crippen LogP contribution in [0.5, 0.6) is 0 Å². The number of aromatic nitrogens is 2. The summed E-state index contributed by atoms with van der Waals surface area (Å²) in [5.74, 6) is 2.07. The van der Waals surface area contributed by atoms with Gasteiger partial charge < -0.3 is 10.6 Å². The van der Waals surface area contributed by atoms with Gasteiger partial charge in [-0.15, -0.1) is 0 Å². The lowest BCUT2D eigenvalue weighted by atomic mass is 10.2. The minimum absolute atomic E-state index is 0.0301. The first-order chi connectivity index (χ1) is 8.25. The first kappa shape index (κ1) is 12.4. The first-order valence-corrected chi connectivity index (χ1v) is 6.98. The SMILES string of the molecule is Cn1ccc(CCNC(=O)C2CSCCN2)n1. The number of hydrogen-bond acceptors (Lipinski definition) is 4. The van der Waals surface area contributed by atoms with E-state index in [0.29, 0.717) is 6.54 Å².